The van der Waals surface area contributed by atoms with Gasteiger partial charge in [-0.3, -0.25) is 0 Å². The van der Waals surface area contributed by atoms with Gasteiger partial charge in [-0.05, 0) is 35.7 Å². The van der Waals surface area contributed by atoms with Crippen molar-refractivity contribution in [2.45, 2.75) is 32.8 Å². The molecule has 0 amide bonds. The van der Waals surface area contributed by atoms with Gasteiger partial charge in [-0.15, -0.1) is 0 Å². The molecule has 0 radical (unpaired) electrons. The van der Waals surface area contributed by atoms with E-state index in [1.165, 1.54) is 6.42 Å². The Morgan fingerprint density at radius 3 is 2.45 bits per heavy atom. The zero-order valence-electron chi connectivity index (χ0n) is 7.30. The van der Waals surface area contributed by atoms with Crippen molar-refractivity contribution in [3.63, 3.8) is 0 Å². The standard InChI is InChI=1S/C10H16O/c1-6-8-4-7(5-9(6)11)10(8,2)3/h7-9,11H,1,4-5H2,2-3H3/t7-,8+,9+/m1/s1. The van der Waals surface area contributed by atoms with Crippen LogP contribution in [-0.2, 0) is 0 Å². The minimum atomic E-state index is -0.202. The first-order valence-electron chi connectivity index (χ1n) is 4.40. The second-order valence-electron chi connectivity index (χ2n) is 4.63. The van der Waals surface area contributed by atoms with Gasteiger partial charge in [0.1, 0.15) is 0 Å². The SMILES string of the molecule is C=C1[C@@H](O)C[C@H]2C[C@@H]1C2(C)C. The van der Waals surface area contributed by atoms with Crippen LogP contribution in [-0.4, -0.2) is 11.2 Å². The summed E-state index contributed by atoms with van der Waals surface area (Å²) in [6, 6.07) is 0. The zero-order valence-corrected chi connectivity index (χ0v) is 7.30. The lowest BCUT2D eigenvalue weighted by Gasteiger charge is -2.59. The molecule has 0 unspecified atom stereocenters. The Bertz CT molecular complexity index is 205. The molecule has 3 aliphatic carbocycles. The predicted molar refractivity (Wildman–Crippen MR) is 45.1 cm³/mol. The minimum Gasteiger partial charge on any atom is -0.389 e. The summed E-state index contributed by atoms with van der Waals surface area (Å²) < 4.78 is 0. The fraction of sp³-hybridized carbons (Fsp3) is 0.800. The average molecular weight is 152 g/mol. The van der Waals surface area contributed by atoms with Crippen molar-refractivity contribution >= 4 is 0 Å². The van der Waals surface area contributed by atoms with E-state index in [9.17, 15) is 5.11 Å². The largest absolute Gasteiger partial charge is 0.389 e. The molecule has 3 aliphatic rings. The Labute approximate surface area is 68.1 Å². The van der Waals surface area contributed by atoms with E-state index < -0.39 is 0 Å². The summed E-state index contributed by atoms with van der Waals surface area (Å²) in [5.41, 5.74) is 1.51. The molecule has 0 aromatic heterocycles. The van der Waals surface area contributed by atoms with Crippen LogP contribution in [0.2, 0.25) is 0 Å². The Kier molecular flexibility index (Phi) is 1.26. The lowest BCUT2D eigenvalue weighted by Crippen LogP contribution is -2.53. The quantitative estimate of drug-likeness (QED) is 0.526. The molecule has 11 heavy (non-hydrogen) atoms. The van der Waals surface area contributed by atoms with Crippen LogP contribution < -0.4 is 0 Å². The van der Waals surface area contributed by atoms with E-state index in [4.69, 9.17) is 0 Å². The highest BCUT2D eigenvalue weighted by Gasteiger charge is 2.54. The molecule has 0 spiro atoms. The first-order chi connectivity index (χ1) is 5.03. The van der Waals surface area contributed by atoms with E-state index in [-0.39, 0.29) is 6.10 Å². The van der Waals surface area contributed by atoms with Crippen molar-refractivity contribution in [3.05, 3.63) is 12.2 Å². The molecule has 2 bridgehead atoms. The van der Waals surface area contributed by atoms with Crippen LogP contribution in [0, 0.1) is 17.3 Å². The smallest absolute Gasteiger partial charge is 0.0753 e. The molecule has 3 fully saturated rings. The van der Waals surface area contributed by atoms with Crippen molar-refractivity contribution < 1.29 is 5.11 Å². The summed E-state index contributed by atoms with van der Waals surface area (Å²) in [6.07, 6.45) is 2.01. The lowest BCUT2D eigenvalue weighted by molar-refractivity contribution is -0.0705. The maximum atomic E-state index is 9.51. The van der Waals surface area contributed by atoms with E-state index in [0.29, 0.717) is 11.3 Å². The number of hydrogen-bond acceptors (Lipinski definition) is 1. The normalized spacial score (nSPS) is 46.8. The van der Waals surface area contributed by atoms with Gasteiger partial charge in [0.05, 0.1) is 6.10 Å². The molecule has 1 heteroatoms. The van der Waals surface area contributed by atoms with Crippen LogP contribution in [0.3, 0.4) is 0 Å². The third kappa shape index (κ3) is 0.750. The summed E-state index contributed by atoms with van der Waals surface area (Å²) in [5.74, 6) is 1.34. The Hall–Kier alpha value is -0.300. The van der Waals surface area contributed by atoms with Gasteiger partial charge < -0.3 is 5.11 Å². The van der Waals surface area contributed by atoms with E-state index in [0.717, 1.165) is 17.9 Å². The van der Waals surface area contributed by atoms with Crippen LogP contribution >= 0.6 is 0 Å². The van der Waals surface area contributed by atoms with Crippen LogP contribution in [0.25, 0.3) is 0 Å². The number of hydrogen-bond donors (Lipinski definition) is 1. The first kappa shape index (κ1) is 7.35. The second kappa shape index (κ2) is 1.89. The molecule has 0 heterocycles. The molecule has 3 rings (SSSR count). The molecule has 1 N–H and O–H groups in total. The lowest BCUT2D eigenvalue weighted by atomic mass is 9.47. The molecular formula is C10H16O. The van der Waals surface area contributed by atoms with Crippen molar-refractivity contribution in [3.8, 4) is 0 Å². The van der Waals surface area contributed by atoms with E-state index in [1.54, 1.807) is 0 Å². The van der Waals surface area contributed by atoms with Gasteiger partial charge in [0, 0.05) is 0 Å². The van der Waals surface area contributed by atoms with Gasteiger partial charge in [0.25, 0.3) is 0 Å². The van der Waals surface area contributed by atoms with Crippen molar-refractivity contribution in [1.82, 2.24) is 0 Å². The number of rotatable bonds is 0. The summed E-state index contributed by atoms with van der Waals surface area (Å²) in [4.78, 5) is 0. The van der Waals surface area contributed by atoms with Gasteiger partial charge in [-0.25, -0.2) is 0 Å². The molecule has 3 saturated carbocycles. The predicted octanol–water partition coefficient (Wildman–Crippen LogP) is 1.97. The molecule has 3 atom stereocenters. The maximum Gasteiger partial charge on any atom is 0.0753 e. The van der Waals surface area contributed by atoms with E-state index >= 15 is 0 Å². The van der Waals surface area contributed by atoms with Gasteiger partial charge in [-0.2, -0.15) is 0 Å². The summed E-state index contributed by atoms with van der Waals surface area (Å²) in [5, 5.41) is 9.51. The van der Waals surface area contributed by atoms with E-state index in [1.807, 2.05) is 0 Å². The average Bonchev–Trinajstić information content (AvgIpc) is 1.93. The number of fused-ring (bicyclic) bond motifs is 2. The topological polar surface area (TPSA) is 20.2 Å². The number of aliphatic hydroxyl groups is 1. The van der Waals surface area contributed by atoms with Crippen molar-refractivity contribution in [1.29, 1.82) is 0 Å². The van der Waals surface area contributed by atoms with Crippen LogP contribution in [0.15, 0.2) is 12.2 Å². The van der Waals surface area contributed by atoms with Gasteiger partial charge >= 0.3 is 0 Å². The van der Waals surface area contributed by atoms with Crippen LogP contribution in [0.5, 0.6) is 0 Å². The minimum absolute atomic E-state index is 0.202. The van der Waals surface area contributed by atoms with Crippen LogP contribution in [0.1, 0.15) is 26.7 Å². The Morgan fingerprint density at radius 2 is 2.09 bits per heavy atom. The van der Waals surface area contributed by atoms with Crippen molar-refractivity contribution in [2.24, 2.45) is 17.3 Å². The molecule has 0 saturated heterocycles. The molecule has 1 nitrogen and oxygen atoms in total. The van der Waals surface area contributed by atoms with Gasteiger partial charge in [-0.1, -0.05) is 20.4 Å². The summed E-state index contributed by atoms with van der Waals surface area (Å²) in [6.45, 7) is 8.55. The maximum absolute atomic E-state index is 9.51. The summed E-state index contributed by atoms with van der Waals surface area (Å²) in [7, 11) is 0. The van der Waals surface area contributed by atoms with Gasteiger partial charge in [0.2, 0.25) is 0 Å². The third-order valence-corrected chi connectivity index (χ3v) is 3.85. The highest BCUT2D eigenvalue weighted by Crippen LogP contribution is 2.60. The molecule has 62 valence electrons. The fourth-order valence-electron chi connectivity index (χ4n) is 2.70. The van der Waals surface area contributed by atoms with Gasteiger partial charge in [0.15, 0.2) is 0 Å². The highest BCUT2D eigenvalue weighted by molar-refractivity contribution is 5.22. The van der Waals surface area contributed by atoms with Crippen LogP contribution in [0.4, 0.5) is 0 Å². The van der Waals surface area contributed by atoms with E-state index in [2.05, 4.69) is 20.4 Å². The first-order valence-corrected chi connectivity index (χ1v) is 4.40. The monoisotopic (exact) mass is 152 g/mol. The Balaban J connectivity index is 2.23. The fourth-order valence-corrected chi connectivity index (χ4v) is 2.70. The molecule has 0 aromatic rings. The molecule has 0 aliphatic heterocycles. The third-order valence-electron chi connectivity index (χ3n) is 3.85. The highest BCUT2D eigenvalue weighted by atomic mass is 16.3. The molecular weight excluding hydrogens is 136 g/mol. The second-order valence-corrected chi connectivity index (χ2v) is 4.63. The summed E-state index contributed by atoms with van der Waals surface area (Å²) >= 11 is 0. The zero-order chi connectivity index (χ0) is 8.22. The Morgan fingerprint density at radius 1 is 1.45 bits per heavy atom. The van der Waals surface area contributed by atoms with Crippen molar-refractivity contribution in [2.75, 3.05) is 0 Å². The molecule has 0 aromatic carbocycles. The number of aliphatic hydroxyl groups excluding tert-OH is 1.